The standard InChI is InChI=1S/C20H25N3O2/c1-21-13-15-4-6-17(7-5-15)20(10-2-3-18(24)8-11-20)23-19(25)16-9-12-22-14-16/h4-7,9,12,14,21-22H,2-3,8,10-11,13H2,1H3,(H,23,25). The van der Waals surface area contributed by atoms with Crippen LogP contribution in [0.5, 0.6) is 0 Å². The molecule has 0 radical (unpaired) electrons. The Morgan fingerprint density at radius 2 is 1.96 bits per heavy atom. The van der Waals surface area contributed by atoms with Gasteiger partial charge in [-0.05, 0) is 43.5 Å². The second-order valence-electron chi connectivity index (χ2n) is 6.76. The van der Waals surface area contributed by atoms with Crippen molar-refractivity contribution >= 4 is 11.7 Å². The fraction of sp³-hybridized carbons (Fsp3) is 0.400. The van der Waals surface area contributed by atoms with Gasteiger partial charge in [0.15, 0.2) is 0 Å². The first-order chi connectivity index (χ1) is 12.1. The molecule has 1 fully saturated rings. The molecule has 0 saturated heterocycles. The van der Waals surface area contributed by atoms with Crippen molar-refractivity contribution in [2.24, 2.45) is 0 Å². The lowest BCUT2D eigenvalue weighted by Gasteiger charge is -2.34. The molecule has 1 aliphatic rings. The van der Waals surface area contributed by atoms with Crippen molar-refractivity contribution in [2.75, 3.05) is 7.05 Å². The Balaban J connectivity index is 1.90. The lowest BCUT2D eigenvalue weighted by Crippen LogP contribution is -2.45. The summed E-state index contributed by atoms with van der Waals surface area (Å²) in [6.07, 6.45) is 6.76. The number of Topliss-reactive ketones (excluding diaryl/α,β-unsaturated/α-hetero) is 1. The van der Waals surface area contributed by atoms with Crippen molar-refractivity contribution in [1.82, 2.24) is 15.6 Å². The molecule has 1 aromatic heterocycles. The van der Waals surface area contributed by atoms with Crippen molar-refractivity contribution < 1.29 is 9.59 Å². The third kappa shape index (κ3) is 3.99. The number of H-pyrrole nitrogens is 1. The third-order valence-electron chi connectivity index (χ3n) is 4.99. The minimum Gasteiger partial charge on any atom is -0.367 e. The molecule has 0 aliphatic heterocycles. The number of nitrogens with one attached hydrogen (secondary N) is 3. The molecular weight excluding hydrogens is 314 g/mol. The SMILES string of the molecule is CNCc1ccc(C2(NC(=O)c3cc[nH]c3)CCCC(=O)CC2)cc1. The average Bonchev–Trinajstić information content (AvgIpc) is 3.09. The highest BCUT2D eigenvalue weighted by atomic mass is 16.2. The molecular formula is C20H25N3O2. The van der Waals surface area contributed by atoms with Crippen LogP contribution in [0, 0.1) is 0 Å². The fourth-order valence-corrected chi connectivity index (χ4v) is 3.58. The Morgan fingerprint density at radius 1 is 1.16 bits per heavy atom. The van der Waals surface area contributed by atoms with Crippen LogP contribution in [-0.2, 0) is 16.9 Å². The van der Waals surface area contributed by atoms with Crippen LogP contribution in [0.15, 0.2) is 42.7 Å². The smallest absolute Gasteiger partial charge is 0.253 e. The van der Waals surface area contributed by atoms with Gasteiger partial charge in [0, 0.05) is 31.8 Å². The van der Waals surface area contributed by atoms with Crippen molar-refractivity contribution in [3.63, 3.8) is 0 Å². The molecule has 1 atom stereocenters. The summed E-state index contributed by atoms with van der Waals surface area (Å²) in [5.41, 5.74) is 2.40. The quantitative estimate of drug-likeness (QED) is 0.733. The molecule has 25 heavy (non-hydrogen) atoms. The molecule has 0 bridgehead atoms. The topological polar surface area (TPSA) is 74.0 Å². The number of hydrogen-bond donors (Lipinski definition) is 3. The van der Waals surface area contributed by atoms with Crippen LogP contribution in [0.2, 0.25) is 0 Å². The van der Waals surface area contributed by atoms with E-state index in [9.17, 15) is 9.59 Å². The Morgan fingerprint density at radius 3 is 2.64 bits per heavy atom. The van der Waals surface area contributed by atoms with E-state index in [1.54, 1.807) is 18.5 Å². The third-order valence-corrected chi connectivity index (χ3v) is 4.99. The summed E-state index contributed by atoms with van der Waals surface area (Å²) < 4.78 is 0. The second-order valence-corrected chi connectivity index (χ2v) is 6.76. The highest BCUT2D eigenvalue weighted by molar-refractivity contribution is 5.94. The first-order valence-electron chi connectivity index (χ1n) is 8.84. The molecule has 1 heterocycles. The van der Waals surface area contributed by atoms with Crippen molar-refractivity contribution in [1.29, 1.82) is 0 Å². The molecule has 1 amide bonds. The van der Waals surface area contributed by atoms with Crippen LogP contribution in [0.1, 0.15) is 53.6 Å². The number of aromatic nitrogens is 1. The summed E-state index contributed by atoms with van der Waals surface area (Å²) in [7, 11) is 1.92. The van der Waals surface area contributed by atoms with Gasteiger partial charge in [0.1, 0.15) is 5.78 Å². The molecule has 1 aromatic carbocycles. The van der Waals surface area contributed by atoms with Crippen molar-refractivity contribution in [3.8, 4) is 0 Å². The zero-order valence-electron chi connectivity index (χ0n) is 14.6. The van der Waals surface area contributed by atoms with E-state index >= 15 is 0 Å². The summed E-state index contributed by atoms with van der Waals surface area (Å²) in [5, 5.41) is 6.38. The number of carbonyl (C=O) groups is 2. The zero-order valence-corrected chi connectivity index (χ0v) is 14.6. The van der Waals surface area contributed by atoms with Gasteiger partial charge >= 0.3 is 0 Å². The predicted molar refractivity (Wildman–Crippen MR) is 97.2 cm³/mol. The summed E-state index contributed by atoms with van der Waals surface area (Å²) in [6, 6.07) is 10.1. The molecule has 0 spiro atoms. The second kappa shape index (κ2) is 7.66. The molecule has 5 heteroatoms. The van der Waals surface area contributed by atoms with Gasteiger partial charge in [-0.1, -0.05) is 24.3 Å². The number of rotatable bonds is 5. The van der Waals surface area contributed by atoms with Crippen LogP contribution in [0.3, 0.4) is 0 Å². The van der Waals surface area contributed by atoms with Crippen LogP contribution in [0.25, 0.3) is 0 Å². The van der Waals surface area contributed by atoms with Gasteiger partial charge in [-0.2, -0.15) is 0 Å². The molecule has 5 nitrogen and oxygen atoms in total. The summed E-state index contributed by atoms with van der Waals surface area (Å²) in [6.45, 7) is 0.807. The van der Waals surface area contributed by atoms with Crippen molar-refractivity contribution in [3.05, 3.63) is 59.4 Å². The fourth-order valence-electron chi connectivity index (χ4n) is 3.58. The first-order valence-corrected chi connectivity index (χ1v) is 8.84. The van der Waals surface area contributed by atoms with E-state index < -0.39 is 5.54 Å². The average molecular weight is 339 g/mol. The highest BCUT2D eigenvalue weighted by Gasteiger charge is 2.36. The van der Waals surface area contributed by atoms with Gasteiger partial charge in [-0.15, -0.1) is 0 Å². The van der Waals surface area contributed by atoms with Crippen LogP contribution in [0.4, 0.5) is 0 Å². The molecule has 1 saturated carbocycles. The number of aromatic amines is 1. The van der Waals surface area contributed by atoms with E-state index in [1.807, 2.05) is 7.05 Å². The van der Waals surface area contributed by atoms with Crippen LogP contribution < -0.4 is 10.6 Å². The monoisotopic (exact) mass is 339 g/mol. The van der Waals surface area contributed by atoms with Crippen molar-refractivity contribution in [2.45, 2.75) is 44.2 Å². The lowest BCUT2D eigenvalue weighted by atomic mass is 9.82. The molecule has 132 valence electrons. The molecule has 3 N–H and O–H groups in total. The lowest BCUT2D eigenvalue weighted by molar-refractivity contribution is -0.119. The summed E-state index contributed by atoms with van der Waals surface area (Å²) >= 11 is 0. The summed E-state index contributed by atoms with van der Waals surface area (Å²) in [4.78, 5) is 27.5. The minimum absolute atomic E-state index is 0.102. The maximum absolute atomic E-state index is 12.7. The van der Waals surface area contributed by atoms with E-state index in [0.29, 0.717) is 24.8 Å². The van der Waals surface area contributed by atoms with Gasteiger partial charge in [-0.25, -0.2) is 0 Å². The zero-order chi connectivity index (χ0) is 17.7. The first kappa shape index (κ1) is 17.4. The number of benzene rings is 1. The molecule has 2 aromatic rings. The van der Waals surface area contributed by atoms with E-state index in [2.05, 4.69) is 39.9 Å². The van der Waals surface area contributed by atoms with Crippen LogP contribution in [-0.4, -0.2) is 23.7 Å². The van der Waals surface area contributed by atoms with Gasteiger partial charge in [0.2, 0.25) is 0 Å². The molecule has 1 unspecified atom stereocenters. The normalized spacial score (nSPS) is 20.9. The molecule has 3 rings (SSSR count). The Kier molecular flexibility index (Phi) is 5.34. The van der Waals surface area contributed by atoms with Gasteiger partial charge < -0.3 is 15.6 Å². The van der Waals surface area contributed by atoms with E-state index in [4.69, 9.17) is 0 Å². The number of ketones is 1. The van der Waals surface area contributed by atoms with Crippen LogP contribution >= 0.6 is 0 Å². The minimum atomic E-state index is -0.487. The van der Waals surface area contributed by atoms with Gasteiger partial charge in [0.25, 0.3) is 5.91 Å². The Hall–Kier alpha value is -2.40. The predicted octanol–water partition coefficient (Wildman–Crippen LogP) is 2.89. The van der Waals surface area contributed by atoms with E-state index in [-0.39, 0.29) is 11.7 Å². The number of carbonyl (C=O) groups excluding carboxylic acids is 2. The van der Waals surface area contributed by atoms with Gasteiger partial charge in [-0.3, -0.25) is 9.59 Å². The van der Waals surface area contributed by atoms with Gasteiger partial charge in [0.05, 0.1) is 11.1 Å². The Bertz CT molecular complexity index is 722. The van der Waals surface area contributed by atoms with E-state index in [1.165, 1.54) is 5.56 Å². The highest BCUT2D eigenvalue weighted by Crippen LogP contribution is 2.35. The number of amides is 1. The Labute approximate surface area is 148 Å². The maximum Gasteiger partial charge on any atom is 0.253 e. The van der Waals surface area contributed by atoms with E-state index in [0.717, 1.165) is 24.9 Å². The molecule has 1 aliphatic carbocycles. The largest absolute Gasteiger partial charge is 0.367 e. The number of hydrogen-bond acceptors (Lipinski definition) is 3. The summed E-state index contributed by atoms with van der Waals surface area (Å²) in [5.74, 6) is 0.180. The maximum atomic E-state index is 12.7.